The van der Waals surface area contributed by atoms with Crippen LogP contribution in [0.15, 0.2) is 48.7 Å². The van der Waals surface area contributed by atoms with Crippen LogP contribution in [0.1, 0.15) is 31.2 Å². The number of pyridine rings is 1. The quantitative estimate of drug-likeness (QED) is 0.611. The van der Waals surface area contributed by atoms with Crippen LogP contribution >= 0.6 is 0 Å². The van der Waals surface area contributed by atoms with Crippen LogP contribution in [0.4, 0.5) is 0 Å². The van der Waals surface area contributed by atoms with Gasteiger partial charge in [-0.05, 0) is 30.5 Å². The Bertz CT molecular complexity index is 788. The van der Waals surface area contributed by atoms with E-state index in [4.69, 9.17) is 9.47 Å². The van der Waals surface area contributed by atoms with Crippen LogP contribution in [0, 0.1) is 5.41 Å². The number of aromatic nitrogens is 1. The lowest BCUT2D eigenvalue weighted by molar-refractivity contribution is -0.157. The van der Waals surface area contributed by atoms with Crippen LogP contribution in [0.5, 0.6) is 11.6 Å². The maximum atomic E-state index is 12.1. The second-order valence-corrected chi connectivity index (χ2v) is 6.91. The van der Waals surface area contributed by atoms with Crippen molar-refractivity contribution in [3.63, 3.8) is 0 Å². The number of benzene rings is 1. The molecule has 3 rings (SSSR count). The van der Waals surface area contributed by atoms with E-state index in [2.05, 4.69) is 10.3 Å². The molecule has 0 aliphatic heterocycles. The van der Waals surface area contributed by atoms with E-state index in [1.54, 1.807) is 12.3 Å². The molecule has 1 saturated carbocycles. The van der Waals surface area contributed by atoms with Gasteiger partial charge in [-0.25, -0.2) is 4.98 Å². The number of nitrogens with one attached hydrogen (secondary N) is 1. The average molecular weight is 384 g/mol. The van der Waals surface area contributed by atoms with Crippen LogP contribution in [0.25, 0.3) is 0 Å². The average Bonchev–Trinajstić information content (AvgIpc) is 2.68. The number of hydrogen-bond donors (Lipinski definition) is 2. The van der Waals surface area contributed by atoms with E-state index in [0.29, 0.717) is 38.5 Å². The van der Waals surface area contributed by atoms with Crippen molar-refractivity contribution in [3.05, 3.63) is 54.2 Å². The van der Waals surface area contributed by atoms with Crippen molar-refractivity contribution in [1.29, 1.82) is 0 Å². The standard InChI is InChI=1S/C21H24N2O5/c24-18(13-21(20(25)26)9-4-10-21)22-14-16-7-8-19(23-15-16)28-12-11-27-17-5-2-1-3-6-17/h1-3,5-8,15H,4,9-14H2,(H,22,24)(H,25,26). The smallest absolute Gasteiger partial charge is 0.310 e. The summed E-state index contributed by atoms with van der Waals surface area (Å²) < 4.78 is 11.1. The Balaban J connectivity index is 1.37. The number of hydrogen-bond acceptors (Lipinski definition) is 5. The van der Waals surface area contributed by atoms with Crippen molar-refractivity contribution in [2.75, 3.05) is 13.2 Å². The third kappa shape index (κ3) is 5.22. The molecule has 1 amide bonds. The minimum Gasteiger partial charge on any atom is -0.490 e. The summed E-state index contributed by atoms with van der Waals surface area (Å²) in [6.07, 6.45) is 3.65. The third-order valence-electron chi connectivity index (χ3n) is 4.90. The van der Waals surface area contributed by atoms with Crippen LogP contribution in [0.3, 0.4) is 0 Å². The molecule has 28 heavy (non-hydrogen) atoms. The van der Waals surface area contributed by atoms with Crippen LogP contribution in [0.2, 0.25) is 0 Å². The highest BCUT2D eigenvalue weighted by Gasteiger charge is 2.45. The molecule has 1 aromatic carbocycles. The number of ether oxygens (including phenoxy) is 2. The third-order valence-corrected chi connectivity index (χ3v) is 4.90. The lowest BCUT2D eigenvalue weighted by Crippen LogP contribution is -2.42. The van der Waals surface area contributed by atoms with E-state index in [-0.39, 0.29) is 12.3 Å². The number of para-hydroxylation sites is 1. The fourth-order valence-electron chi connectivity index (χ4n) is 3.06. The van der Waals surface area contributed by atoms with Gasteiger partial charge >= 0.3 is 5.97 Å². The van der Waals surface area contributed by atoms with E-state index in [1.807, 2.05) is 36.4 Å². The molecule has 0 saturated heterocycles. The van der Waals surface area contributed by atoms with Gasteiger partial charge in [-0.1, -0.05) is 30.7 Å². The number of carboxylic acids is 1. The van der Waals surface area contributed by atoms with Crippen molar-refractivity contribution < 1.29 is 24.2 Å². The minimum absolute atomic E-state index is 0.0262. The lowest BCUT2D eigenvalue weighted by Gasteiger charge is -2.36. The molecule has 1 fully saturated rings. The van der Waals surface area contributed by atoms with E-state index in [0.717, 1.165) is 17.7 Å². The highest BCUT2D eigenvalue weighted by molar-refractivity contribution is 5.85. The number of amides is 1. The Morgan fingerprint density at radius 3 is 2.43 bits per heavy atom. The second-order valence-electron chi connectivity index (χ2n) is 6.91. The molecule has 2 N–H and O–H groups in total. The molecule has 1 heterocycles. The predicted octanol–water partition coefficient (Wildman–Crippen LogP) is 2.80. The summed E-state index contributed by atoms with van der Waals surface area (Å²) >= 11 is 0. The van der Waals surface area contributed by atoms with Crippen molar-refractivity contribution in [3.8, 4) is 11.6 Å². The molecular weight excluding hydrogens is 360 g/mol. The van der Waals surface area contributed by atoms with Gasteiger partial charge in [-0.2, -0.15) is 0 Å². The zero-order valence-corrected chi connectivity index (χ0v) is 15.6. The minimum atomic E-state index is -0.881. The maximum absolute atomic E-state index is 12.1. The largest absolute Gasteiger partial charge is 0.490 e. The molecule has 7 heteroatoms. The van der Waals surface area contributed by atoms with Crippen LogP contribution in [-0.2, 0) is 16.1 Å². The summed E-state index contributed by atoms with van der Waals surface area (Å²) in [5.74, 6) is 0.136. The van der Waals surface area contributed by atoms with Gasteiger partial charge in [0.15, 0.2) is 0 Å². The topological polar surface area (TPSA) is 97.8 Å². The molecule has 0 spiro atoms. The summed E-state index contributed by atoms with van der Waals surface area (Å²) in [7, 11) is 0. The molecule has 0 atom stereocenters. The van der Waals surface area contributed by atoms with Gasteiger partial charge in [0.1, 0.15) is 19.0 Å². The number of nitrogens with zero attached hydrogens (tertiary/aromatic N) is 1. The van der Waals surface area contributed by atoms with Gasteiger partial charge in [-0.15, -0.1) is 0 Å². The molecule has 0 bridgehead atoms. The summed E-state index contributed by atoms with van der Waals surface area (Å²) in [5.41, 5.74) is -0.0544. The lowest BCUT2D eigenvalue weighted by atomic mass is 9.66. The van der Waals surface area contributed by atoms with E-state index >= 15 is 0 Å². The fourth-order valence-corrected chi connectivity index (χ4v) is 3.06. The van der Waals surface area contributed by atoms with Crippen LogP contribution < -0.4 is 14.8 Å². The van der Waals surface area contributed by atoms with Gasteiger partial charge < -0.3 is 19.9 Å². The van der Waals surface area contributed by atoms with Crippen molar-refractivity contribution >= 4 is 11.9 Å². The number of carbonyl (C=O) groups excluding carboxylic acids is 1. The van der Waals surface area contributed by atoms with Gasteiger partial charge in [0, 0.05) is 25.2 Å². The zero-order valence-electron chi connectivity index (χ0n) is 15.6. The number of rotatable bonds is 10. The highest BCUT2D eigenvalue weighted by Crippen LogP contribution is 2.44. The summed E-state index contributed by atoms with van der Waals surface area (Å²) in [6.45, 7) is 1.09. The molecule has 2 aromatic rings. The zero-order chi connectivity index (χ0) is 19.8. The molecule has 1 aliphatic carbocycles. The summed E-state index contributed by atoms with van der Waals surface area (Å²) in [6, 6.07) is 13.0. The molecule has 0 unspecified atom stereocenters. The first-order chi connectivity index (χ1) is 13.6. The second kappa shape index (κ2) is 9.21. The number of carboxylic acid groups (broad SMARTS) is 1. The molecular formula is C21H24N2O5. The Morgan fingerprint density at radius 1 is 1.07 bits per heavy atom. The van der Waals surface area contributed by atoms with E-state index < -0.39 is 11.4 Å². The fraction of sp³-hybridized carbons (Fsp3) is 0.381. The predicted molar refractivity (Wildman–Crippen MR) is 102 cm³/mol. The normalized spacial score (nSPS) is 14.6. The van der Waals surface area contributed by atoms with Gasteiger partial charge in [-0.3, -0.25) is 9.59 Å². The molecule has 0 radical (unpaired) electrons. The van der Waals surface area contributed by atoms with Crippen molar-refractivity contribution in [2.45, 2.75) is 32.2 Å². The first kappa shape index (κ1) is 19.7. The molecule has 1 aliphatic rings. The summed E-state index contributed by atoms with van der Waals surface area (Å²) in [5, 5.41) is 12.1. The Morgan fingerprint density at radius 2 is 1.82 bits per heavy atom. The van der Waals surface area contributed by atoms with Gasteiger partial charge in [0.25, 0.3) is 0 Å². The Labute approximate surface area is 163 Å². The summed E-state index contributed by atoms with van der Waals surface area (Å²) in [4.78, 5) is 27.6. The molecule has 1 aromatic heterocycles. The molecule has 148 valence electrons. The SMILES string of the molecule is O=C(CC1(C(=O)O)CCC1)NCc1ccc(OCCOc2ccccc2)nc1. The number of carbonyl (C=O) groups is 2. The first-order valence-corrected chi connectivity index (χ1v) is 9.33. The van der Waals surface area contributed by atoms with E-state index in [9.17, 15) is 14.7 Å². The van der Waals surface area contributed by atoms with Crippen molar-refractivity contribution in [2.24, 2.45) is 5.41 Å². The Hall–Kier alpha value is -3.09. The number of aliphatic carboxylic acids is 1. The first-order valence-electron chi connectivity index (χ1n) is 9.33. The monoisotopic (exact) mass is 384 g/mol. The van der Waals surface area contributed by atoms with Gasteiger partial charge in [0.2, 0.25) is 11.8 Å². The highest BCUT2D eigenvalue weighted by atomic mass is 16.5. The van der Waals surface area contributed by atoms with E-state index in [1.165, 1.54) is 0 Å². The van der Waals surface area contributed by atoms with Crippen molar-refractivity contribution in [1.82, 2.24) is 10.3 Å². The molecule has 7 nitrogen and oxygen atoms in total. The van der Waals surface area contributed by atoms with Crippen LogP contribution in [-0.4, -0.2) is 35.2 Å². The van der Waals surface area contributed by atoms with Gasteiger partial charge in [0.05, 0.1) is 5.41 Å². The maximum Gasteiger partial charge on any atom is 0.310 e. The Kier molecular flexibility index (Phi) is 6.47.